The van der Waals surface area contributed by atoms with Gasteiger partial charge in [0.1, 0.15) is 16.7 Å². The highest BCUT2D eigenvalue weighted by atomic mass is 32.2. The molecular weight excluding hydrogens is 310 g/mol. The minimum Gasteiger partial charge on any atom is -0.492 e. The zero-order valence-corrected chi connectivity index (χ0v) is 13.3. The fraction of sp³-hybridized carbons (Fsp3) is 0.500. The van der Waals surface area contributed by atoms with E-state index in [0.717, 1.165) is 9.87 Å². The van der Waals surface area contributed by atoms with Crippen LogP contribution in [0.2, 0.25) is 0 Å². The van der Waals surface area contributed by atoms with Crippen molar-refractivity contribution in [3.05, 3.63) is 23.8 Å². The van der Waals surface area contributed by atoms with Crippen LogP contribution in [0.1, 0.15) is 12.5 Å². The predicted molar refractivity (Wildman–Crippen MR) is 78.5 cm³/mol. The number of aliphatic carboxylic acids is 1. The van der Waals surface area contributed by atoms with E-state index < -0.39 is 22.0 Å². The molecule has 1 aromatic carbocycles. The zero-order valence-electron chi connectivity index (χ0n) is 12.5. The topological polar surface area (TPSA) is 93.1 Å². The van der Waals surface area contributed by atoms with Crippen molar-refractivity contribution < 1.29 is 27.8 Å². The Morgan fingerprint density at radius 3 is 2.86 bits per heavy atom. The second kappa shape index (κ2) is 6.64. The van der Waals surface area contributed by atoms with E-state index in [-0.39, 0.29) is 30.4 Å². The van der Waals surface area contributed by atoms with Crippen molar-refractivity contribution in [3.63, 3.8) is 0 Å². The molecule has 122 valence electrons. The molecule has 2 rings (SSSR count). The van der Waals surface area contributed by atoms with Crippen molar-refractivity contribution in [1.29, 1.82) is 0 Å². The molecule has 7 nitrogen and oxygen atoms in total. The van der Waals surface area contributed by atoms with Crippen LogP contribution >= 0.6 is 0 Å². The van der Waals surface area contributed by atoms with Crippen molar-refractivity contribution in [1.82, 2.24) is 4.31 Å². The molecule has 1 aliphatic heterocycles. The first-order valence-electron chi connectivity index (χ1n) is 6.93. The molecule has 1 aliphatic rings. The first-order valence-corrected chi connectivity index (χ1v) is 8.37. The highest BCUT2D eigenvalue weighted by Crippen LogP contribution is 2.30. The number of morpholine rings is 1. The summed E-state index contributed by atoms with van der Waals surface area (Å²) in [4.78, 5) is 11.3. The Balaban J connectivity index is 2.49. The Kier molecular flexibility index (Phi) is 5.05. The standard InChI is InChI=1S/C14H19NO6S/c1-3-21-12-5-4-10(2)8-13(12)22(18,19)15-6-7-20-9-11(15)14(16)17/h4-5,8,11H,3,6-7,9H2,1-2H3,(H,16,17). The lowest BCUT2D eigenvalue weighted by Crippen LogP contribution is -2.52. The number of hydrogen-bond donors (Lipinski definition) is 1. The number of sulfonamides is 1. The Morgan fingerprint density at radius 2 is 2.23 bits per heavy atom. The van der Waals surface area contributed by atoms with Crippen molar-refractivity contribution in [2.24, 2.45) is 0 Å². The van der Waals surface area contributed by atoms with E-state index in [9.17, 15) is 18.3 Å². The molecule has 1 N–H and O–H groups in total. The highest BCUT2D eigenvalue weighted by Gasteiger charge is 2.39. The molecule has 1 saturated heterocycles. The summed E-state index contributed by atoms with van der Waals surface area (Å²) in [7, 11) is -3.98. The zero-order chi connectivity index (χ0) is 16.3. The molecule has 1 aromatic rings. The Morgan fingerprint density at radius 1 is 1.50 bits per heavy atom. The number of rotatable bonds is 5. The third-order valence-electron chi connectivity index (χ3n) is 3.35. The van der Waals surface area contributed by atoms with Gasteiger partial charge in [-0.15, -0.1) is 0 Å². The maximum Gasteiger partial charge on any atom is 0.324 e. The number of carboxylic acids is 1. The molecule has 0 spiro atoms. The molecular formula is C14H19NO6S. The number of hydrogen-bond acceptors (Lipinski definition) is 5. The minimum absolute atomic E-state index is 0.00118. The van der Waals surface area contributed by atoms with E-state index >= 15 is 0 Å². The van der Waals surface area contributed by atoms with Crippen LogP contribution in [0.5, 0.6) is 5.75 Å². The maximum atomic E-state index is 12.9. The summed E-state index contributed by atoms with van der Waals surface area (Å²) in [6.07, 6.45) is 0. The van der Waals surface area contributed by atoms with Crippen LogP contribution in [0.4, 0.5) is 0 Å². The van der Waals surface area contributed by atoms with Crippen molar-refractivity contribution >= 4 is 16.0 Å². The summed E-state index contributed by atoms with van der Waals surface area (Å²) in [5, 5.41) is 9.23. The van der Waals surface area contributed by atoms with Crippen molar-refractivity contribution in [2.45, 2.75) is 24.8 Å². The molecule has 0 aliphatic carbocycles. The number of benzene rings is 1. The number of ether oxygens (including phenoxy) is 2. The Hall–Kier alpha value is -1.64. The third kappa shape index (κ3) is 3.23. The molecule has 0 saturated carbocycles. The van der Waals surface area contributed by atoms with E-state index in [1.165, 1.54) is 6.07 Å². The molecule has 1 atom stereocenters. The molecule has 0 amide bonds. The van der Waals surface area contributed by atoms with Gasteiger partial charge in [0.05, 0.1) is 19.8 Å². The van der Waals surface area contributed by atoms with Gasteiger partial charge in [0, 0.05) is 6.54 Å². The lowest BCUT2D eigenvalue weighted by Gasteiger charge is -2.32. The number of nitrogens with zero attached hydrogens (tertiary/aromatic N) is 1. The van der Waals surface area contributed by atoms with Gasteiger partial charge in [-0.2, -0.15) is 4.31 Å². The van der Waals surface area contributed by atoms with E-state index in [0.29, 0.717) is 6.61 Å². The summed E-state index contributed by atoms with van der Waals surface area (Å²) >= 11 is 0. The molecule has 0 bridgehead atoms. The number of aryl methyl sites for hydroxylation is 1. The summed E-state index contributed by atoms with van der Waals surface area (Å²) < 4.78 is 37.2. The van der Waals surface area contributed by atoms with E-state index in [1.54, 1.807) is 26.0 Å². The molecule has 0 radical (unpaired) electrons. The fourth-order valence-corrected chi connectivity index (χ4v) is 4.06. The first kappa shape index (κ1) is 16.7. The Labute approximate surface area is 129 Å². The quantitative estimate of drug-likeness (QED) is 0.861. The van der Waals surface area contributed by atoms with Gasteiger partial charge in [0.2, 0.25) is 10.0 Å². The van der Waals surface area contributed by atoms with Gasteiger partial charge in [-0.1, -0.05) is 6.07 Å². The Bertz CT molecular complexity index is 657. The lowest BCUT2D eigenvalue weighted by atomic mass is 10.2. The monoisotopic (exact) mass is 329 g/mol. The van der Waals surface area contributed by atoms with Gasteiger partial charge < -0.3 is 14.6 Å². The SMILES string of the molecule is CCOc1ccc(C)cc1S(=O)(=O)N1CCOCC1C(=O)O. The van der Waals surface area contributed by atoms with Crippen LogP contribution in [0.3, 0.4) is 0 Å². The lowest BCUT2D eigenvalue weighted by molar-refractivity contribution is -0.146. The van der Waals surface area contributed by atoms with Gasteiger partial charge in [-0.3, -0.25) is 4.79 Å². The van der Waals surface area contributed by atoms with E-state index in [2.05, 4.69) is 0 Å². The van der Waals surface area contributed by atoms with Crippen LogP contribution in [0.15, 0.2) is 23.1 Å². The van der Waals surface area contributed by atoms with Gasteiger partial charge >= 0.3 is 5.97 Å². The molecule has 22 heavy (non-hydrogen) atoms. The van der Waals surface area contributed by atoms with Gasteiger partial charge in [0.15, 0.2) is 0 Å². The van der Waals surface area contributed by atoms with Crippen LogP contribution < -0.4 is 4.74 Å². The summed E-state index contributed by atoms with van der Waals surface area (Å²) in [6, 6.07) is 3.60. The fourth-order valence-electron chi connectivity index (χ4n) is 2.29. The summed E-state index contributed by atoms with van der Waals surface area (Å²) in [5.74, 6) is -1.00. The second-order valence-electron chi connectivity index (χ2n) is 4.93. The van der Waals surface area contributed by atoms with Crippen LogP contribution in [0, 0.1) is 6.92 Å². The highest BCUT2D eigenvalue weighted by molar-refractivity contribution is 7.89. The minimum atomic E-state index is -3.98. The average molecular weight is 329 g/mol. The predicted octanol–water partition coefficient (Wildman–Crippen LogP) is 0.868. The first-order chi connectivity index (χ1) is 10.4. The third-order valence-corrected chi connectivity index (χ3v) is 5.28. The number of carboxylic acid groups (broad SMARTS) is 1. The van der Waals surface area contributed by atoms with Crippen LogP contribution in [-0.2, 0) is 19.6 Å². The summed E-state index contributed by atoms with van der Waals surface area (Å²) in [5.41, 5.74) is 0.752. The van der Waals surface area contributed by atoms with Gasteiger partial charge in [-0.05, 0) is 31.5 Å². The smallest absolute Gasteiger partial charge is 0.324 e. The van der Waals surface area contributed by atoms with Gasteiger partial charge in [0.25, 0.3) is 0 Å². The average Bonchev–Trinajstić information content (AvgIpc) is 2.49. The summed E-state index contributed by atoms with van der Waals surface area (Å²) in [6.45, 7) is 3.84. The van der Waals surface area contributed by atoms with Crippen LogP contribution in [-0.4, -0.2) is 56.2 Å². The number of carbonyl (C=O) groups is 1. The molecule has 1 fully saturated rings. The molecule has 1 unspecified atom stereocenters. The van der Waals surface area contributed by atoms with Gasteiger partial charge in [-0.25, -0.2) is 8.42 Å². The second-order valence-corrected chi connectivity index (χ2v) is 6.79. The van der Waals surface area contributed by atoms with E-state index in [1.807, 2.05) is 0 Å². The molecule has 1 heterocycles. The van der Waals surface area contributed by atoms with E-state index in [4.69, 9.17) is 9.47 Å². The van der Waals surface area contributed by atoms with Crippen LogP contribution in [0.25, 0.3) is 0 Å². The van der Waals surface area contributed by atoms with Crippen molar-refractivity contribution in [3.8, 4) is 5.75 Å². The molecule has 8 heteroatoms. The maximum absolute atomic E-state index is 12.9. The van der Waals surface area contributed by atoms with Crippen molar-refractivity contribution in [2.75, 3.05) is 26.4 Å². The molecule has 0 aromatic heterocycles. The normalized spacial score (nSPS) is 19.8. The largest absolute Gasteiger partial charge is 0.492 e.